The molecule has 2 aromatic rings. The third-order valence-electron chi connectivity index (χ3n) is 6.64. The van der Waals surface area contributed by atoms with Crippen molar-refractivity contribution in [2.24, 2.45) is 0 Å². The Morgan fingerprint density at radius 1 is 1.18 bits per heavy atom. The van der Waals surface area contributed by atoms with Crippen molar-refractivity contribution in [1.29, 1.82) is 0 Å². The minimum atomic E-state index is -4.83. The van der Waals surface area contributed by atoms with E-state index in [2.05, 4.69) is 4.98 Å². The van der Waals surface area contributed by atoms with Crippen molar-refractivity contribution in [3.8, 4) is 0 Å². The van der Waals surface area contributed by atoms with Crippen LogP contribution in [-0.4, -0.2) is 66.1 Å². The van der Waals surface area contributed by atoms with Crippen molar-refractivity contribution < 1.29 is 31.4 Å². The Morgan fingerprint density at radius 3 is 2.55 bits per heavy atom. The van der Waals surface area contributed by atoms with Gasteiger partial charge in [0.1, 0.15) is 0 Å². The number of piperazine rings is 1. The average Bonchev–Trinajstić information content (AvgIpc) is 2.89. The molecule has 1 fully saturated rings. The van der Waals surface area contributed by atoms with Crippen LogP contribution in [0.2, 0.25) is 0 Å². The van der Waals surface area contributed by atoms with Gasteiger partial charge < -0.3 is 14.7 Å². The van der Waals surface area contributed by atoms with Gasteiger partial charge in [-0.15, -0.1) is 0 Å². The molecule has 0 spiro atoms. The standard InChI is InChI=1S/C26H28F3N3O4S2/c1-25(33,26(27,28)29)20-8-10-21(11-9-20)32-14-13-31(38(34,35)24-7-3-2-6-23(24)37)16-22(32)18-36-17-19-5-4-12-30-15-19/h2-5,7-12,15,22,33H,6,13-14,16-18H2,1H3/t22-,25-/m0/s1. The molecule has 7 nitrogen and oxygen atoms in total. The molecule has 12 heteroatoms. The highest BCUT2D eigenvalue weighted by Crippen LogP contribution is 2.39. The number of aromatic nitrogens is 1. The fraction of sp³-hybridized carbons (Fsp3) is 0.385. The first kappa shape index (κ1) is 28.4. The molecule has 1 saturated heterocycles. The molecule has 0 unspecified atom stereocenters. The molecule has 2 heterocycles. The summed E-state index contributed by atoms with van der Waals surface area (Å²) in [4.78, 5) is 6.43. The summed E-state index contributed by atoms with van der Waals surface area (Å²) in [6.45, 7) is 1.67. The lowest BCUT2D eigenvalue weighted by Crippen LogP contribution is -2.57. The molecule has 204 valence electrons. The Kier molecular flexibility index (Phi) is 8.38. The van der Waals surface area contributed by atoms with Crippen molar-refractivity contribution >= 4 is 32.8 Å². The number of ether oxygens (including phenoxy) is 1. The fourth-order valence-corrected chi connectivity index (χ4v) is 6.43. The van der Waals surface area contributed by atoms with Gasteiger partial charge in [0.2, 0.25) is 10.0 Å². The first-order valence-corrected chi connectivity index (χ1v) is 13.8. The van der Waals surface area contributed by atoms with Crippen molar-refractivity contribution in [1.82, 2.24) is 9.29 Å². The molecule has 1 aliphatic carbocycles. The number of anilines is 1. The first-order chi connectivity index (χ1) is 17.9. The summed E-state index contributed by atoms with van der Waals surface area (Å²) in [5, 5.41) is 10.0. The lowest BCUT2D eigenvalue weighted by molar-refractivity contribution is -0.258. The van der Waals surface area contributed by atoms with Crippen LogP contribution in [-0.2, 0) is 27.0 Å². The maximum absolute atomic E-state index is 13.4. The second kappa shape index (κ2) is 11.2. The van der Waals surface area contributed by atoms with Crippen LogP contribution in [0.4, 0.5) is 18.9 Å². The molecule has 0 bridgehead atoms. The molecule has 2 aliphatic rings. The maximum Gasteiger partial charge on any atom is 0.421 e. The van der Waals surface area contributed by atoms with Crippen molar-refractivity contribution in [3.63, 3.8) is 0 Å². The predicted molar refractivity (Wildman–Crippen MR) is 142 cm³/mol. The Labute approximate surface area is 225 Å². The molecule has 0 radical (unpaired) electrons. The molecular formula is C26H28F3N3O4S2. The Balaban J connectivity index is 1.56. The van der Waals surface area contributed by atoms with E-state index < -0.39 is 27.8 Å². The quantitative estimate of drug-likeness (QED) is 0.481. The lowest BCUT2D eigenvalue weighted by Gasteiger charge is -2.42. The highest BCUT2D eigenvalue weighted by molar-refractivity contribution is 7.96. The summed E-state index contributed by atoms with van der Waals surface area (Å²) >= 11 is 5.30. The zero-order chi connectivity index (χ0) is 27.6. The van der Waals surface area contributed by atoms with Gasteiger partial charge in [-0.3, -0.25) is 4.98 Å². The molecule has 1 aliphatic heterocycles. The number of hydrogen-bond acceptors (Lipinski definition) is 7. The zero-order valence-corrected chi connectivity index (χ0v) is 22.3. The number of alkyl halides is 3. The van der Waals surface area contributed by atoms with Crippen molar-refractivity contribution in [2.45, 2.75) is 37.8 Å². The number of aliphatic hydroxyl groups is 1. The molecule has 0 saturated carbocycles. The van der Waals surface area contributed by atoms with Crippen LogP contribution in [0.5, 0.6) is 0 Å². The molecular weight excluding hydrogens is 539 g/mol. The fourth-order valence-electron chi connectivity index (χ4n) is 4.36. The number of hydrogen-bond donors (Lipinski definition) is 1. The summed E-state index contributed by atoms with van der Waals surface area (Å²) in [6, 6.07) is 8.67. The molecule has 1 aromatic heterocycles. The van der Waals surface area contributed by atoms with Crippen molar-refractivity contribution in [3.05, 3.63) is 83.1 Å². The van der Waals surface area contributed by atoms with Gasteiger partial charge in [0.25, 0.3) is 0 Å². The van der Waals surface area contributed by atoms with Gasteiger partial charge in [0.15, 0.2) is 5.60 Å². The largest absolute Gasteiger partial charge is 0.421 e. The van der Waals surface area contributed by atoms with E-state index in [1.807, 2.05) is 11.0 Å². The van der Waals surface area contributed by atoms with Crippen molar-refractivity contribution in [2.75, 3.05) is 31.1 Å². The van der Waals surface area contributed by atoms with Crippen LogP contribution in [0.15, 0.2) is 71.9 Å². The van der Waals surface area contributed by atoms with E-state index in [1.165, 1.54) is 34.6 Å². The van der Waals surface area contributed by atoms with Gasteiger partial charge in [0.05, 0.1) is 24.2 Å². The van der Waals surface area contributed by atoms with E-state index in [0.29, 0.717) is 23.9 Å². The Morgan fingerprint density at radius 2 is 1.92 bits per heavy atom. The predicted octanol–water partition coefficient (Wildman–Crippen LogP) is 4.10. The number of allylic oxidation sites excluding steroid dienone is 4. The first-order valence-electron chi connectivity index (χ1n) is 11.9. The number of rotatable bonds is 8. The Hall–Kier alpha value is -2.64. The monoisotopic (exact) mass is 567 g/mol. The smallest absolute Gasteiger partial charge is 0.376 e. The van der Waals surface area contributed by atoms with E-state index in [1.54, 1.807) is 30.6 Å². The average molecular weight is 568 g/mol. The number of thiocarbonyl (C=S) groups is 1. The maximum atomic E-state index is 13.4. The molecule has 2 atom stereocenters. The summed E-state index contributed by atoms with van der Waals surface area (Å²) in [7, 11) is -3.84. The molecule has 0 amide bonds. The minimum absolute atomic E-state index is 0.0983. The summed E-state index contributed by atoms with van der Waals surface area (Å²) in [6.07, 6.45) is 3.84. The number of halogens is 3. The van der Waals surface area contributed by atoms with Gasteiger partial charge in [0, 0.05) is 49.0 Å². The van der Waals surface area contributed by atoms with E-state index in [9.17, 15) is 26.7 Å². The summed E-state index contributed by atoms with van der Waals surface area (Å²) in [5.41, 5.74) is -1.84. The van der Waals surface area contributed by atoms with Crippen LogP contribution >= 0.6 is 12.2 Å². The van der Waals surface area contributed by atoms with E-state index in [0.717, 1.165) is 5.56 Å². The SMILES string of the molecule is C[C@](O)(c1ccc(N2CCN(S(=O)(=O)C3=CC=CCC3=S)C[C@H]2COCc2cccnc2)cc1)C(F)(F)F. The topological polar surface area (TPSA) is 83.0 Å². The third kappa shape index (κ3) is 5.99. The summed E-state index contributed by atoms with van der Waals surface area (Å²) in [5.74, 6) is 0. The van der Waals surface area contributed by atoms with E-state index in [-0.39, 0.29) is 43.3 Å². The number of nitrogens with zero attached hydrogens (tertiary/aromatic N) is 3. The number of pyridine rings is 1. The summed E-state index contributed by atoms with van der Waals surface area (Å²) < 4.78 is 74.0. The van der Waals surface area contributed by atoms with Gasteiger partial charge in [-0.1, -0.05) is 42.6 Å². The van der Waals surface area contributed by atoms with E-state index in [4.69, 9.17) is 17.0 Å². The molecule has 4 rings (SSSR count). The second-order valence-corrected chi connectivity index (χ2v) is 11.7. The number of benzene rings is 1. The van der Waals surface area contributed by atoms with Crippen LogP contribution < -0.4 is 4.90 Å². The second-order valence-electron chi connectivity index (χ2n) is 9.29. The zero-order valence-electron chi connectivity index (χ0n) is 20.6. The van der Waals surface area contributed by atoms with Gasteiger partial charge in [-0.2, -0.15) is 17.5 Å². The van der Waals surface area contributed by atoms with Gasteiger partial charge >= 0.3 is 6.18 Å². The third-order valence-corrected chi connectivity index (χ3v) is 9.11. The normalized spacial score (nSPS) is 20.8. The minimum Gasteiger partial charge on any atom is -0.376 e. The highest BCUT2D eigenvalue weighted by Gasteiger charge is 2.51. The van der Waals surface area contributed by atoms with Crippen LogP contribution in [0, 0.1) is 0 Å². The Bertz CT molecular complexity index is 1310. The van der Waals surface area contributed by atoms with Gasteiger partial charge in [-0.25, -0.2) is 8.42 Å². The lowest BCUT2D eigenvalue weighted by atomic mass is 9.95. The van der Waals surface area contributed by atoms with Crippen LogP contribution in [0.3, 0.4) is 0 Å². The van der Waals surface area contributed by atoms with Crippen LogP contribution in [0.1, 0.15) is 24.5 Å². The van der Waals surface area contributed by atoms with Crippen LogP contribution in [0.25, 0.3) is 0 Å². The highest BCUT2D eigenvalue weighted by atomic mass is 32.2. The molecule has 38 heavy (non-hydrogen) atoms. The molecule has 1 N–H and O–H groups in total. The van der Waals surface area contributed by atoms with Gasteiger partial charge in [-0.05, 0) is 42.3 Å². The molecule has 1 aromatic carbocycles. The number of sulfonamides is 1. The van der Waals surface area contributed by atoms with E-state index >= 15 is 0 Å².